The number of hydrogen-bond acceptors (Lipinski definition) is 1. The van der Waals surface area contributed by atoms with Gasteiger partial charge in [-0.1, -0.05) is 78.0 Å². The maximum atomic E-state index is 4.55. The molecule has 20 heavy (non-hydrogen) atoms. The minimum absolute atomic E-state index is 0.0460. The summed E-state index contributed by atoms with van der Waals surface area (Å²) in [4.78, 5) is 4.55. The lowest BCUT2D eigenvalue weighted by atomic mass is 9.88. The quantitative estimate of drug-likeness (QED) is 0.584. The van der Waals surface area contributed by atoms with Crippen LogP contribution in [0.1, 0.15) is 41.5 Å². The molecule has 0 fully saturated rings. The van der Waals surface area contributed by atoms with Crippen molar-refractivity contribution in [2.45, 2.75) is 41.5 Å². The van der Waals surface area contributed by atoms with Crippen LogP contribution in [-0.4, -0.2) is 6.21 Å². The van der Waals surface area contributed by atoms with Crippen LogP contribution in [0.4, 0.5) is 0 Å². The van der Waals surface area contributed by atoms with Gasteiger partial charge in [-0.2, -0.15) is 0 Å². The van der Waals surface area contributed by atoms with Crippen LogP contribution >= 0.6 is 0 Å². The fraction of sp³-hybridized carbons (Fsp3) is 0.421. The van der Waals surface area contributed by atoms with E-state index in [-0.39, 0.29) is 10.8 Å². The molecule has 0 unspecified atom stereocenters. The van der Waals surface area contributed by atoms with Crippen LogP contribution in [0.25, 0.3) is 0 Å². The van der Waals surface area contributed by atoms with Gasteiger partial charge >= 0.3 is 0 Å². The van der Waals surface area contributed by atoms with Gasteiger partial charge in [0.2, 0.25) is 0 Å². The van der Waals surface area contributed by atoms with Gasteiger partial charge in [0.25, 0.3) is 0 Å². The van der Waals surface area contributed by atoms with Crippen molar-refractivity contribution in [1.29, 1.82) is 0 Å². The molecule has 2 rings (SSSR count). The molecule has 0 amide bonds. The van der Waals surface area contributed by atoms with Crippen molar-refractivity contribution in [3.05, 3.63) is 59.9 Å². The first-order valence-electron chi connectivity index (χ1n) is 7.42. The number of allylic oxidation sites excluding steroid dienone is 8. The zero-order valence-corrected chi connectivity index (χ0v) is 13.6. The van der Waals surface area contributed by atoms with Crippen molar-refractivity contribution < 1.29 is 0 Å². The first kappa shape index (κ1) is 16.4. The molecule has 0 spiro atoms. The third kappa shape index (κ3) is 4.80. The first-order valence-corrected chi connectivity index (χ1v) is 7.42. The SMILES string of the molecule is CC.CC1(C)C=CC=CC(C2=CC(C)(C)C=CC=N2)=C1. The monoisotopic (exact) mass is 269 g/mol. The maximum Gasteiger partial charge on any atom is 0.0667 e. The smallest absolute Gasteiger partial charge is 0.0667 e. The number of nitrogens with zero attached hydrogens (tertiary/aromatic N) is 1. The lowest BCUT2D eigenvalue weighted by Gasteiger charge is -2.18. The lowest BCUT2D eigenvalue weighted by Crippen LogP contribution is -2.06. The summed E-state index contributed by atoms with van der Waals surface area (Å²) in [5.74, 6) is 0. The van der Waals surface area contributed by atoms with Crippen molar-refractivity contribution in [3.63, 3.8) is 0 Å². The minimum Gasteiger partial charge on any atom is -0.257 e. The van der Waals surface area contributed by atoms with Crippen molar-refractivity contribution in [2.24, 2.45) is 15.8 Å². The van der Waals surface area contributed by atoms with E-state index in [0.29, 0.717) is 0 Å². The van der Waals surface area contributed by atoms with Gasteiger partial charge in [0.15, 0.2) is 0 Å². The molecule has 0 saturated heterocycles. The van der Waals surface area contributed by atoms with E-state index in [4.69, 9.17) is 0 Å². The Labute approximate surface area is 124 Å². The van der Waals surface area contributed by atoms with E-state index in [1.807, 2.05) is 26.1 Å². The Balaban J connectivity index is 0.000000956. The molecular formula is C19H27N. The summed E-state index contributed by atoms with van der Waals surface area (Å²) >= 11 is 0. The van der Waals surface area contributed by atoms with E-state index < -0.39 is 0 Å². The molecular weight excluding hydrogens is 242 g/mol. The third-order valence-corrected chi connectivity index (χ3v) is 3.07. The molecule has 1 heterocycles. The van der Waals surface area contributed by atoms with Gasteiger partial charge < -0.3 is 0 Å². The zero-order chi connectivity index (χ0) is 15.2. The summed E-state index contributed by atoms with van der Waals surface area (Å²) in [6, 6.07) is 0. The van der Waals surface area contributed by atoms with Gasteiger partial charge in [0.1, 0.15) is 0 Å². The topological polar surface area (TPSA) is 12.4 Å². The fourth-order valence-corrected chi connectivity index (χ4v) is 2.13. The van der Waals surface area contributed by atoms with Crippen LogP contribution in [0.3, 0.4) is 0 Å². The molecule has 1 aliphatic carbocycles. The summed E-state index contributed by atoms with van der Waals surface area (Å²) in [5, 5.41) is 0. The molecule has 0 radical (unpaired) electrons. The van der Waals surface area contributed by atoms with Crippen molar-refractivity contribution in [2.75, 3.05) is 0 Å². The number of rotatable bonds is 1. The first-order chi connectivity index (χ1) is 9.38. The number of aliphatic imine (C=N–C) groups is 1. The Hall–Kier alpha value is -1.63. The van der Waals surface area contributed by atoms with Gasteiger partial charge in [-0.3, -0.25) is 4.99 Å². The zero-order valence-electron chi connectivity index (χ0n) is 13.6. The molecule has 0 bridgehead atoms. The molecule has 0 aromatic carbocycles. The Morgan fingerprint density at radius 1 is 0.800 bits per heavy atom. The summed E-state index contributed by atoms with van der Waals surface area (Å²) in [5.41, 5.74) is 2.36. The van der Waals surface area contributed by atoms with Gasteiger partial charge in [-0.05, 0) is 17.7 Å². The van der Waals surface area contributed by atoms with E-state index in [1.54, 1.807) is 0 Å². The van der Waals surface area contributed by atoms with Crippen LogP contribution in [0, 0.1) is 10.8 Å². The highest BCUT2D eigenvalue weighted by atomic mass is 14.7. The molecule has 0 aromatic heterocycles. The van der Waals surface area contributed by atoms with E-state index in [1.165, 1.54) is 5.57 Å². The predicted octanol–water partition coefficient (Wildman–Crippen LogP) is 5.64. The molecule has 0 saturated carbocycles. The average Bonchev–Trinajstić information content (AvgIpc) is 2.66. The summed E-state index contributed by atoms with van der Waals surface area (Å²) in [6.45, 7) is 12.8. The Kier molecular flexibility index (Phi) is 5.50. The van der Waals surface area contributed by atoms with Crippen LogP contribution in [-0.2, 0) is 0 Å². The van der Waals surface area contributed by atoms with Crippen molar-refractivity contribution in [3.8, 4) is 0 Å². The normalized spacial score (nSPS) is 22.1. The van der Waals surface area contributed by atoms with Crippen molar-refractivity contribution in [1.82, 2.24) is 0 Å². The highest BCUT2D eigenvalue weighted by Gasteiger charge is 2.18. The van der Waals surface area contributed by atoms with Gasteiger partial charge in [-0.25, -0.2) is 0 Å². The van der Waals surface area contributed by atoms with E-state index >= 15 is 0 Å². The van der Waals surface area contributed by atoms with Gasteiger partial charge in [0, 0.05) is 17.0 Å². The molecule has 1 aliphatic heterocycles. The largest absolute Gasteiger partial charge is 0.257 e. The van der Waals surface area contributed by atoms with Crippen LogP contribution in [0.5, 0.6) is 0 Å². The average molecular weight is 269 g/mol. The summed E-state index contributed by atoms with van der Waals surface area (Å²) < 4.78 is 0. The predicted molar refractivity (Wildman–Crippen MR) is 91.0 cm³/mol. The van der Waals surface area contributed by atoms with Crippen LogP contribution < -0.4 is 0 Å². The Morgan fingerprint density at radius 2 is 1.40 bits per heavy atom. The second kappa shape index (κ2) is 6.69. The third-order valence-electron chi connectivity index (χ3n) is 3.07. The lowest BCUT2D eigenvalue weighted by molar-refractivity contribution is 0.616. The Bertz CT molecular complexity index is 458. The molecule has 108 valence electrons. The van der Waals surface area contributed by atoms with Crippen LogP contribution in [0.15, 0.2) is 64.9 Å². The molecule has 0 aromatic rings. The van der Waals surface area contributed by atoms with Gasteiger partial charge in [-0.15, -0.1) is 0 Å². The Morgan fingerprint density at radius 3 is 2.10 bits per heavy atom. The van der Waals surface area contributed by atoms with E-state index in [2.05, 4.69) is 75.2 Å². The molecule has 1 nitrogen and oxygen atoms in total. The molecule has 1 heteroatoms. The summed E-state index contributed by atoms with van der Waals surface area (Å²) in [7, 11) is 0. The highest BCUT2D eigenvalue weighted by Crippen LogP contribution is 2.31. The van der Waals surface area contributed by atoms with Crippen molar-refractivity contribution >= 4 is 6.21 Å². The minimum atomic E-state index is 0.0460. The molecule has 0 atom stereocenters. The van der Waals surface area contributed by atoms with Gasteiger partial charge in [0.05, 0.1) is 5.70 Å². The molecule has 2 aliphatic rings. The van der Waals surface area contributed by atoms with E-state index in [9.17, 15) is 0 Å². The second-order valence-electron chi connectivity index (χ2n) is 6.13. The second-order valence-corrected chi connectivity index (χ2v) is 6.13. The number of hydrogen-bond donors (Lipinski definition) is 0. The fourth-order valence-electron chi connectivity index (χ4n) is 2.13. The molecule has 0 N–H and O–H groups in total. The summed E-state index contributed by atoms with van der Waals surface area (Å²) in [6.07, 6.45) is 19.1. The van der Waals surface area contributed by atoms with E-state index in [0.717, 1.165) is 5.70 Å². The highest BCUT2D eigenvalue weighted by molar-refractivity contribution is 5.74. The maximum absolute atomic E-state index is 4.55. The standard InChI is InChI=1S/C17H21N.C2H6/c1-16(2)9-6-5-8-14(12-16)15-13-17(3,4)10-7-11-18-15;1-2/h5-13H,1-4H3;1-2H3. The van der Waals surface area contributed by atoms with Crippen LogP contribution in [0.2, 0.25) is 0 Å².